The van der Waals surface area contributed by atoms with Crippen molar-refractivity contribution in [3.05, 3.63) is 12.1 Å². The average Bonchev–Trinajstić information content (AvgIpc) is 2.89. The zero-order valence-electron chi connectivity index (χ0n) is 12.4. The van der Waals surface area contributed by atoms with Crippen LogP contribution >= 0.6 is 0 Å². The van der Waals surface area contributed by atoms with E-state index in [1.807, 2.05) is 26.1 Å². The summed E-state index contributed by atoms with van der Waals surface area (Å²) >= 11 is 0. The van der Waals surface area contributed by atoms with Gasteiger partial charge < -0.3 is 20.9 Å². The van der Waals surface area contributed by atoms with Crippen molar-refractivity contribution in [2.45, 2.75) is 32.9 Å². The summed E-state index contributed by atoms with van der Waals surface area (Å²) in [5.74, 6) is 1.65. The van der Waals surface area contributed by atoms with Gasteiger partial charge in [-0.05, 0) is 31.9 Å². The Kier molecular flexibility index (Phi) is 4.32. The second kappa shape index (κ2) is 5.98. The van der Waals surface area contributed by atoms with Gasteiger partial charge in [-0.15, -0.1) is 0 Å². The quantitative estimate of drug-likeness (QED) is 0.872. The number of nitrogen functional groups attached to an aromatic ring is 1. The Bertz CT molecular complexity index is 490. The van der Waals surface area contributed by atoms with Crippen LogP contribution in [0.5, 0.6) is 0 Å². The van der Waals surface area contributed by atoms with Crippen LogP contribution in [0.4, 0.5) is 17.3 Å². The predicted octanol–water partition coefficient (Wildman–Crippen LogP) is 1.50. The first-order valence-corrected chi connectivity index (χ1v) is 7.05. The number of amides is 1. The maximum Gasteiger partial charge on any atom is 0.220 e. The van der Waals surface area contributed by atoms with Crippen LogP contribution in [0.1, 0.15) is 26.7 Å². The zero-order valence-corrected chi connectivity index (χ0v) is 12.4. The number of nitrogens with zero attached hydrogens (tertiary/aromatic N) is 3. The zero-order chi connectivity index (χ0) is 14.7. The van der Waals surface area contributed by atoms with Crippen molar-refractivity contribution in [3.63, 3.8) is 0 Å². The number of carbonyl (C=O) groups is 1. The summed E-state index contributed by atoms with van der Waals surface area (Å²) in [5.41, 5.74) is 6.55. The fraction of sp³-hybridized carbons (Fsp3) is 0.571. The van der Waals surface area contributed by atoms with Gasteiger partial charge >= 0.3 is 0 Å². The molecule has 20 heavy (non-hydrogen) atoms. The number of nitrogens with one attached hydrogen (secondary N) is 1. The second-order valence-corrected chi connectivity index (χ2v) is 5.08. The summed E-state index contributed by atoms with van der Waals surface area (Å²) in [5, 5.41) is 3.16. The van der Waals surface area contributed by atoms with Crippen LogP contribution in [-0.2, 0) is 4.79 Å². The lowest BCUT2D eigenvalue weighted by Crippen LogP contribution is -2.45. The molecule has 1 fully saturated rings. The summed E-state index contributed by atoms with van der Waals surface area (Å²) < 4.78 is 0. The molecule has 6 nitrogen and oxygen atoms in total. The Labute approximate surface area is 120 Å². The molecule has 0 radical (unpaired) electrons. The predicted molar refractivity (Wildman–Crippen MR) is 81.6 cm³/mol. The molecule has 110 valence electrons. The highest BCUT2D eigenvalue weighted by Gasteiger charge is 2.30. The molecule has 0 spiro atoms. The van der Waals surface area contributed by atoms with Gasteiger partial charge in [0.15, 0.2) is 5.82 Å². The molecule has 0 saturated carbocycles. The van der Waals surface area contributed by atoms with Crippen LogP contribution in [-0.4, -0.2) is 42.1 Å². The molecule has 1 atom stereocenters. The Morgan fingerprint density at radius 3 is 3.00 bits per heavy atom. The van der Waals surface area contributed by atoms with Gasteiger partial charge in [-0.3, -0.25) is 4.79 Å². The fourth-order valence-electron chi connectivity index (χ4n) is 2.56. The lowest BCUT2D eigenvalue weighted by Gasteiger charge is -2.32. The van der Waals surface area contributed by atoms with E-state index >= 15 is 0 Å². The highest BCUT2D eigenvalue weighted by Crippen LogP contribution is 2.28. The first-order valence-electron chi connectivity index (χ1n) is 7.05. The van der Waals surface area contributed by atoms with Crippen molar-refractivity contribution >= 4 is 23.2 Å². The number of carbonyl (C=O) groups excluding carboxylic acids is 1. The van der Waals surface area contributed by atoms with Gasteiger partial charge in [0, 0.05) is 27.1 Å². The molecule has 2 heterocycles. The number of rotatable bonds is 4. The Morgan fingerprint density at radius 2 is 2.35 bits per heavy atom. The van der Waals surface area contributed by atoms with E-state index in [9.17, 15) is 4.79 Å². The molecule has 1 saturated heterocycles. The average molecular weight is 277 g/mol. The lowest BCUT2D eigenvalue weighted by atomic mass is 10.3. The van der Waals surface area contributed by atoms with E-state index in [1.54, 1.807) is 11.8 Å². The summed E-state index contributed by atoms with van der Waals surface area (Å²) in [6, 6.07) is 3.78. The van der Waals surface area contributed by atoms with Gasteiger partial charge in [0.2, 0.25) is 5.91 Å². The van der Waals surface area contributed by atoms with Crippen LogP contribution < -0.4 is 16.0 Å². The maximum atomic E-state index is 11.6. The van der Waals surface area contributed by atoms with Gasteiger partial charge in [-0.25, -0.2) is 4.98 Å². The van der Waals surface area contributed by atoms with Crippen LogP contribution in [0.3, 0.4) is 0 Å². The van der Waals surface area contributed by atoms with Gasteiger partial charge in [0.05, 0.1) is 5.69 Å². The number of hydrogen-bond acceptors (Lipinski definition) is 5. The summed E-state index contributed by atoms with van der Waals surface area (Å²) in [6.07, 6.45) is 2.11. The minimum absolute atomic E-state index is 0.0734. The second-order valence-electron chi connectivity index (χ2n) is 5.08. The summed E-state index contributed by atoms with van der Waals surface area (Å²) in [7, 11) is 1.84. The molecular formula is C14H23N5O. The van der Waals surface area contributed by atoms with E-state index in [0.29, 0.717) is 11.5 Å². The minimum Gasteiger partial charge on any atom is -0.396 e. The van der Waals surface area contributed by atoms with Crippen molar-refractivity contribution in [3.8, 4) is 0 Å². The topological polar surface area (TPSA) is 74.5 Å². The molecule has 1 amide bonds. The number of nitrogens with two attached hydrogens (primary N) is 1. The molecule has 2 rings (SSSR count). The molecule has 1 aliphatic heterocycles. The van der Waals surface area contributed by atoms with Crippen molar-refractivity contribution in [1.29, 1.82) is 0 Å². The monoisotopic (exact) mass is 277 g/mol. The molecule has 0 aliphatic carbocycles. The first-order chi connectivity index (χ1) is 9.54. The van der Waals surface area contributed by atoms with Crippen LogP contribution in [0.15, 0.2) is 12.1 Å². The van der Waals surface area contributed by atoms with Crippen LogP contribution in [0.2, 0.25) is 0 Å². The first kappa shape index (κ1) is 14.4. The summed E-state index contributed by atoms with van der Waals surface area (Å²) in [6.45, 7) is 5.29. The van der Waals surface area contributed by atoms with E-state index in [4.69, 9.17) is 5.73 Å². The minimum atomic E-state index is 0.0734. The number of aromatic nitrogens is 1. The molecular weight excluding hydrogens is 254 g/mol. The summed E-state index contributed by atoms with van der Waals surface area (Å²) in [4.78, 5) is 20.1. The Balaban J connectivity index is 2.25. The van der Waals surface area contributed by atoms with E-state index in [2.05, 4.69) is 15.2 Å². The third-order valence-corrected chi connectivity index (χ3v) is 3.72. The number of hydrogen-bond donors (Lipinski definition) is 2. The van der Waals surface area contributed by atoms with E-state index in [-0.39, 0.29) is 12.1 Å². The third kappa shape index (κ3) is 2.79. The van der Waals surface area contributed by atoms with Crippen LogP contribution in [0.25, 0.3) is 0 Å². The largest absolute Gasteiger partial charge is 0.396 e. The smallest absolute Gasteiger partial charge is 0.220 e. The number of pyridine rings is 1. The van der Waals surface area contributed by atoms with Crippen molar-refractivity contribution in [1.82, 2.24) is 9.88 Å². The van der Waals surface area contributed by atoms with E-state index < -0.39 is 0 Å². The molecule has 0 aromatic carbocycles. The molecule has 1 aromatic rings. The Morgan fingerprint density at radius 1 is 1.60 bits per heavy atom. The van der Waals surface area contributed by atoms with E-state index in [1.165, 1.54) is 0 Å². The van der Waals surface area contributed by atoms with Crippen molar-refractivity contribution < 1.29 is 4.79 Å². The molecule has 1 aliphatic rings. The Hall–Kier alpha value is -1.98. The standard InChI is InChI=1S/C14H23N5O/c1-4-16-14-11(15)7-8-12(17-14)19-9-5-6-13(19)18(3)10(2)20/h7-8,13H,4-6,9,15H2,1-3H3,(H,16,17). The molecule has 3 N–H and O–H groups in total. The molecule has 1 unspecified atom stereocenters. The van der Waals surface area contributed by atoms with Gasteiger partial charge in [0.25, 0.3) is 0 Å². The fourth-order valence-corrected chi connectivity index (χ4v) is 2.56. The SMILES string of the molecule is CCNc1nc(N2CCCC2N(C)C(C)=O)ccc1N. The van der Waals surface area contributed by atoms with Gasteiger partial charge in [-0.1, -0.05) is 0 Å². The van der Waals surface area contributed by atoms with Gasteiger partial charge in [0.1, 0.15) is 12.0 Å². The highest BCUT2D eigenvalue weighted by molar-refractivity contribution is 5.74. The van der Waals surface area contributed by atoms with Crippen LogP contribution in [0, 0.1) is 0 Å². The van der Waals surface area contributed by atoms with E-state index in [0.717, 1.165) is 31.7 Å². The third-order valence-electron chi connectivity index (χ3n) is 3.72. The normalized spacial score (nSPS) is 18.1. The molecule has 1 aromatic heterocycles. The highest BCUT2D eigenvalue weighted by atomic mass is 16.2. The number of anilines is 3. The maximum absolute atomic E-state index is 11.6. The van der Waals surface area contributed by atoms with Crippen molar-refractivity contribution in [2.75, 3.05) is 36.1 Å². The molecule has 6 heteroatoms. The van der Waals surface area contributed by atoms with Crippen molar-refractivity contribution in [2.24, 2.45) is 0 Å². The lowest BCUT2D eigenvalue weighted by molar-refractivity contribution is -0.129. The molecule has 0 bridgehead atoms. The van der Waals surface area contributed by atoms with Gasteiger partial charge in [-0.2, -0.15) is 0 Å².